The van der Waals surface area contributed by atoms with E-state index in [1.165, 1.54) is 7.11 Å². The van der Waals surface area contributed by atoms with Gasteiger partial charge in [0.05, 0.1) is 24.4 Å². The maximum absolute atomic E-state index is 11.7. The van der Waals surface area contributed by atoms with E-state index in [1.807, 2.05) is 13.0 Å². The van der Waals surface area contributed by atoms with Gasteiger partial charge in [-0.1, -0.05) is 0 Å². The molecule has 0 radical (unpaired) electrons. The molecule has 0 saturated carbocycles. The minimum atomic E-state index is -0.250. The molecule has 94 valence electrons. The van der Waals surface area contributed by atoms with Crippen molar-refractivity contribution in [3.63, 3.8) is 0 Å². The van der Waals surface area contributed by atoms with Crippen LogP contribution in [-0.4, -0.2) is 30.6 Å². The number of nitrogens with two attached hydrogens (primary N) is 1. The minimum Gasteiger partial charge on any atom is -0.380 e. The molecule has 1 aromatic rings. The first-order chi connectivity index (χ1) is 8.06. The molecule has 1 atom stereocenters. The molecular weight excluding hydrogens is 286 g/mol. The number of carbonyl (C=O) groups is 1. The minimum absolute atomic E-state index is 0.133. The predicted molar refractivity (Wildman–Crippen MR) is 69.8 cm³/mol. The Bertz CT molecular complexity index is 394. The van der Waals surface area contributed by atoms with Crippen LogP contribution in [0, 0.1) is 6.92 Å². The van der Waals surface area contributed by atoms with Crippen LogP contribution in [0.4, 0.5) is 5.69 Å². The van der Waals surface area contributed by atoms with Gasteiger partial charge in [0.25, 0.3) is 0 Å². The molecule has 1 heterocycles. The average molecular weight is 302 g/mol. The second-order valence-electron chi connectivity index (χ2n) is 3.68. The summed E-state index contributed by atoms with van der Waals surface area (Å²) in [6, 6.07) is 1.85. The molecule has 1 aromatic heterocycles. The van der Waals surface area contributed by atoms with Gasteiger partial charge in [-0.2, -0.15) is 0 Å². The first-order valence-corrected chi connectivity index (χ1v) is 6.01. The van der Waals surface area contributed by atoms with Gasteiger partial charge in [-0.15, -0.1) is 0 Å². The first-order valence-electron chi connectivity index (χ1n) is 5.21. The van der Waals surface area contributed by atoms with E-state index in [0.717, 1.165) is 10.2 Å². The zero-order valence-corrected chi connectivity index (χ0v) is 11.5. The van der Waals surface area contributed by atoms with Crippen LogP contribution in [0.1, 0.15) is 12.0 Å². The molecule has 17 heavy (non-hydrogen) atoms. The van der Waals surface area contributed by atoms with E-state index < -0.39 is 0 Å². The summed E-state index contributed by atoms with van der Waals surface area (Å²) in [6.45, 7) is 2.23. The van der Waals surface area contributed by atoms with Crippen molar-refractivity contribution in [1.82, 2.24) is 4.98 Å². The third-order valence-electron chi connectivity index (χ3n) is 2.31. The number of rotatable bonds is 5. The van der Waals surface area contributed by atoms with Crippen molar-refractivity contribution in [2.24, 2.45) is 5.73 Å². The smallest absolute Gasteiger partial charge is 0.227 e. The van der Waals surface area contributed by atoms with E-state index in [0.29, 0.717) is 12.2 Å². The Morgan fingerprint density at radius 3 is 2.94 bits per heavy atom. The third-order valence-corrected chi connectivity index (χ3v) is 3.14. The van der Waals surface area contributed by atoms with Crippen LogP contribution >= 0.6 is 15.9 Å². The molecule has 6 heteroatoms. The molecule has 1 amide bonds. The fraction of sp³-hybridized carbons (Fsp3) is 0.455. The van der Waals surface area contributed by atoms with Crippen molar-refractivity contribution in [1.29, 1.82) is 0 Å². The summed E-state index contributed by atoms with van der Waals surface area (Å²) in [6.07, 6.45) is 1.58. The highest BCUT2D eigenvalue weighted by Crippen LogP contribution is 2.16. The number of carbonyl (C=O) groups excluding carboxylic acids is 1. The first kappa shape index (κ1) is 14.1. The van der Waals surface area contributed by atoms with Crippen LogP contribution in [0.5, 0.6) is 0 Å². The number of methoxy groups -OCH3 is 1. The van der Waals surface area contributed by atoms with Crippen molar-refractivity contribution in [3.05, 3.63) is 22.4 Å². The Kier molecular flexibility index (Phi) is 5.54. The van der Waals surface area contributed by atoms with Gasteiger partial charge in [0.15, 0.2) is 0 Å². The zero-order chi connectivity index (χ0) is 12.8. The van der Waals surface area contributed by atoms with Gasteiger partial charge >= 0.3 is 0 Å². The molecule has 0 spiro atoms. The number of nitrogens with one attached hydrogen (secondary N) is 1. The number of anilines is 1. The van der Waals surface area contributed by atoms with Crippen LogP contribution in [0.3, 0.4) is 0 Å². The van der Waals surface area contributed by atoms with Crippen molar-refractivity contribution in [2.45, 2.75) is 19.4 Å². The van der Waals surface area contributed by atoms with Gasteiger partial charge in [-0.25, -0.2) is 4.98 Å². The third kappa shape index (κ3) is 4.41. The van der Waals surface area contributed by atoms with Gasteiger partial charge in [0, 0.05) is 13.7 Å². The highest BCUT2D eigenvalue weighted by Gasteiger charge is 2.11. The Labute approximate surface area is 109 Å². The summed E-state index contributed by atoms with van der Waals surface area (Å²) < 4.78 is 5.81. The number of ether oxygens (including phenoxy) is 1. The summed E-state index contributed by atoms with van der Waals surface area (Å²) in [5.41, 5.74) is 7.08. The van der Waals surface area contributed by atoms with Gasteiger partial charge in [-0.05, 0) is 34.5 Å². The number of halogens is 1. The Morgan fingerprint density at radius 1 is 1.71 bits per heavy atom. The highest BCUT2D eigenvalue weighted by atomic mass is 79.9. The van der Waals surface area contributed by atoms with Crippen LogP contribution < -0.4 is 11.1 Å². The lowest BCUT2D eigenvalue weighted by Crippen LogP contribution is -2.28. The number of nitrogens with zero attached hydrogens (tertiary/aromatic N) is 1. The zero-order valence-electron chi connectivity index (χ0n) is 9.87. The molecule has 0 aliphatic carbocycles. The lowest BCUT2D eigenvalue weighted by molar-refractivity contribution is -0.118. The Morgan fingerprint density at radius 2 is 2.41 bits per heavy atom. The maximum atomic E-state index is 11.7. The standard InChI is InChI=1S/C11H16BrN3O2/c1-7-3-8(6-14-11(7)12)15-10(16)4-9(5-13)17-2/h3,6,9H,4-5,13H2,1-2H3,(H,15,16). The predicted octanol–water partition coefficient (Wildman–Crippen LogP) is 1.45. The number of aromatic nitrogens is 1. The molecule has 3 N–H and O–H groups in total. The summed E-state index contributed by atoms with van der Waals surface area (Å²) in [5.74, 6) is -0.133. The second-order valence-corrected chi connectivity index (χ2v) is 4.43. The quantitative estimate of drug-likeness (QED) is 0.807. The van der Waals surface area contributed by atoms with E-state index in [4.69, 9.17) is 10.5 Å². The molecular formula is C11H16BrN3O2. The van der Waals surface area contributed by atoms with E-state index >= 15 is 0 Å². The Hall–Kier alpha value is -0.980. The van der Waals surface area contributed by atoms with Crippen molar-refractivity contribution in [3.8, 4) is 0 Å². The van der Waals surface area contributed by atoms with Crippen LogP contribution in [-0.2, 0) is 9.53 Å². The lowest BCUT2D eigenvalue weighted by Gasteiger charge is -2.12. The van der Waals surface area contributed by atoms with Crippen molar-refractivity contribution < 1.29 is 9.53 Å². The number of aryl methyl sites for hydroxylation is 1. The molecule has 0 saturated heterocycles. The molecule has 0 fully saturated rings. The second kappa shape index (κ2) is 6.68. The van der Waals surface area contributed by atoms with E-state index in [9.17, 15) is 4.79 Å². The number of hydrogen-bond acceptors (Lipinski definition) is 4. The van der Waals surface area contributed by atoms with Crippen molar-refractivity contribution >= 4 is 27.5 Å². The molecule has 0 aromatic carbocycles. The number of pyridine rings is 1. The number of hydrogen-bond donors (Lipinski definition) is 2. The lowest BCUT2D eigenvalue weighted by atomic mass is 10.2. The summed E-state index contributed by atoms with van der Waals surface area (Å²) in [7, 11) is 1.54. The Balaban J connectivity index is 2.58. The highest BCUT2D eigenvalue weighted by molar-refractivity contribution is 9.10. The topological polar surface area (TPSA) is 77.2 Å². The largest absolute Gasteiger partial charge is 0.380 e. The normalized spacial score (nSPS) is 12.2. The molecule has 0 aliphatic rings. The van der Waals surface area contributed by atoms with Gasteiger partial charge in [-0.3, -0.25) is 4.79 Å². The molecule has 0 aliphatic heterocycles. The van der Waals surface area contributed by atoms with E-state index in [-0.39, 0.29) is 18.4 Å². The maximum Gasteiger partial charge on any atom is 0.227 e. The molecule has 1 rings (SSSR count). The summed E-state index contributed by atoms with van der Waals surface area (Å²) >= 11 is 3.30. The molecule has 1 unspecified atom stereocenters. The SMILES string of the molecule is COC(CN)CC(=O)Nc1cnc(Br)c(C)c1. The fourth-order valence-corrected chi connectivity index (χ4v) is 1.52. The molecule has 5 nitrogen and oxygen atoms in total. The van der Waals surface area contributed by atoms with E-state index in [2.05, 4.69) is 26.2 Å². The van der Waals surface area contributed by atoms with Gasteiger partial charge in [0.2, 0.25) is 5.91 Å². The van der Waals surface area contributed by atoms with Crippen LogP contribution in [0.2, 0.25) is 0 Å². The monoisotopic (exact) mass is 301 g/mol. The summed E-state index contributed by atoms with van der Waals surface area (Å²) in [5, 5.41) is 2.75. The van der Waals surface area contributed by atoms with E-state index in [1.54, 1.807) is 6.20 Å². The van der Waals surface area contributed by atoms with Crippen molar-refractivity contribution in [2.75, 3.05) is 19.0 Å². The fourth-order valence-electron chi connectivity index (χ4n) is 1.31. The van der Waals surface area contributed by atoms with Crippen LogP contribution in [0.25, 0.3) is 0 Å². The van der Waals surface area contributed by atoms with Gasteiger partial charge < -0.3 is 15.8 Å². The van der Waals surface area contributed by atoms with Gasteiger partial charge in [0.1, 0.15) is 4.60 Å². The number of amides is 1. The average Bonchev–Trinajstić information content (AvgIpc) is 2.31. The van der Waals surface area contributed by atoms with Crippen LogP contribution in [0.15, 0.2) is 16.9 Å². The molecule has 0 bridgehead atoms. The summed E-state index contributed by atoms with van der Waals surface area (Å²) in [4.78, 5) is 15.7.